The average molecular weight is 292 g/mol. The van der Waals surface area contributed by atoms with Gasteiger partial charge in [0.15, 0.2) is 11.5 Å². The van der Waals surface area contributed by atoms with Gasteiger partial charge in [-0.15, -0.1) is 0 Å². The largest absolute Gasteiger partial charge is 0.493 e. The maximum Gasteiger partial charge on any atom is 0.165 e. The summed E-state index contributed by atoms with van der Waals surface area (Å²) in [5, 5.41) is 3.43. The van der Waals surface area contributed by atoms with Crippen molar-refractivity contribution in [3.63, 3.8) is 0 Å². The van der Waals surface area contributed by atoms with Crippen molar-refractivity contribution in [2.24, 2.45) is 5.92 Å². The third kappa shape index (κ3) is 3.50. The average Bonchev–Trinajstić information content (AvgIpc) is 2.55. The number of hydrogen-bond acceptors (Lipinski definition) is 4. The Morgan fingerprint density at radius 3 is 2.48 bits per heavy atom. The van der Waals surface area contributed by atoms with Crippen molar-refractivity contribution in [3.8, 4) is 11.5 Å². The quantitative estimate of drug-likeness (QED) is 0.874. The fourth-order valence-electron chi connectivity index (χ4n) is 3.19. The van der Waals surface area contributed by atoms with Gasteiger partial charge in [0.2, 0.25) is 0 Å². The molecule has 0 radical (unpaired) electrons. The molecule has 1 N–H and O–H groups in total. The smallest absolute Gasteiger partial charge is 0.165 e. The second-order valence-corrected chi connectivity index (χ2v) is 5.70. The van der Waals surface area contributed by atoms with Gasteiger partial charge in [0.25, 0.3) is 0 Å². The molecule has 1 saturated heterocycles. The van der Waals surface area contributed by atoms with E-state index in [0.29, 0.717) is 12.0 Å². The topological polar surface area (TPSA) is 33.7 Å². The van der Waals surface area contributed by atoms with Gasteiger partial charge in [-0.25, -0.2) is 0 Å². The number of benzene rings is 1. The zero-order valence-electron chi connectivity index (χ0n) is 13.7. The van der Waals surface area contributed by atoms with E-state index in [4.69, 9.17) is 9.47 Å². The van der Waals surface area contributed by atoms with Crippen LogP contribution in [0.15, 0.2) is 18.2 Å². The number of nitrogens with zero attached hydrogens (tertiary/aromatic N) is 1. The third-order valence-electron chi connectivity index (χ3n) is 4.48. The summed E-state index contributed by atoms with van der Waals surface area (Å²) < 4.78 is 11.1. The fourth-order valence-corrected chi connectivity index (χ4v) is 3.19. The summed E-state index contributed by atoms with van der Waals surface area (Å²) in [6, 6.07) is 6.59. The van der Waals surface area contributed by atoms with Gasteiger partial charge in [-0.05, 0) is 12.0 Å². The van der Waals surface area contributed by atoms with Crippen LogP contribution in [-0.2, 0) is 0 Å². The minimum Gasteiger partial charge on any atom is -0.493 e. The lowest BCUT2D eigenvalue weighted by Crippen LogP contribution is -2.46. The van der Waals surface area contributed by atoms with E-state index in [9.17, 15) is 0 Å². The Balaban J connectivity index is 2.40. The lowest BCUT2D eigenvalue weighted by atomic mass is 9.89. The lowest BCUT2D eigenvalue weighted by molar-refractivity contribution is 0.125. The highest BCUT2D eigenvalue weighted by atomic mass is 16.5. The van der Waals surface area contributed by atoms with Gasteiger partial charge >= 0.3 is 0 Å². The summed E-state index contributed by atoms with van der Waals surface area (Å²) in [7, 11) is 3.43. The van der Waals surface area contributed by atoms with Gasteiger partial charge in [0, 0.05) is 37.8 Å². The van der Waals surface area contributed by atoms with E-state index in [1.54, 1.807) is 14.2 Å². The van der Waals surface area contributed by atoms with E-state index in [1.807, 2.05) is 6.07 Å². The standard InChI is InChI=1S/C17H28N2O2/c1-5-13(2)16(19-11-9-18-10-12-19)14-7-6-8-15(20-3)17(14)21-4/h6-8,13,16,18H,5,9-12H2,1-4H3/t13?,16-/m1/s1. The zero-order chi connectivity index (χ0) is 15.2. The lowest BCUT2D eigenvalue weighted by Gasteiger charge is -2.39. The molecule has 0 saturated carbocycles. The van der Waals surface area contributed by atoms with Crippen molar-refractivity contribution in [3.05, 3.63) is 23.8 Å². The van der Waals surface area contributed by atoms with Crippen LogP contribution >= 0.6 is 0 Å². The van der Waals surface area contributed by atoms with E-state index in [1.165, 1.54) is 5.56 Å². The number of ether oxygens (including phenoxy) is 2. The predicted octanol–water partition coefficient (Wildman–Crippen LogP) is 2.70. The Bertz CT molecular complexity index is 444. The van der Waals surface area contributed by atoms with E-state index in [2.05, 4.69) is 36.2 Å². The Morgan fingerprint density at radius 2 is 1.90 bits per heavy atom. The highest BCUT2D eigenvalue weighted by Crippen LogP contribution is 2.41. The van der Waals surface area contributed by atoms with Crippen LogP contribution in [0.1, 0.15) is 31.9 Å². The predicted molar refractivity (Wildman–Crippen MR) is 86.2 cm³/mol. The first-order valence-electron chi connectivity index (χ1n) is 7.88. The van der Waals surface area contributed by atoms with Crippen molar-refractivity contribution in [2.45, 2.75) is 26.3 Å². The molecular weight excluding hydrogens is 264 g/mol. The van der Waals surface area contributed by atoms with Crippen LogP contribution in [0.4, 0.5) is 0 Å². The fraction of sp³-hybridized carbons (Fsp3) is 0.647. The van der Waals surface area contributed by atoms with Gasteiger partial charge in [-0.1, -0.05) is 32.4 Å². The maximum absolute atomic E-state index is 5.67. The molecule has 1 aromatic carbocycles. The summed E-state index contributed by atoms with van der Waals surface area (Å²) in [6.45, 7) is 8.85. The van der Waals surface area contributed by atoms with E-state index >= 15 is 0 Å². The molecule has 0 spiro atoms. The normalized spacial score (nSPS) is 19.0. The summed E-state index contributed by atoms with van der Waals surface area (Å²) in [6.07, 6.45) is 1.15. The van der Waals surface area contributed by atoms with Crippen molar-refractivity contribution < 1.29 is 9.47 Å². The van der Waals surface area contributed by atoms with Gasteiger partial charge in [0.1, 0.15) is 0 Å². The van der Waals surface area contributed by atoms with Crippen LogP contribution in [0.5, 0.6) is 11.5 Å². The highest BCUT2D eigenvalue weighted by molar-refractivity contribution is 5.48. The number of nitrogens with one attached hydrogen (secondary N) is 1. The molecule has 1 unspecified atom stereocenters. The Kier molecular flexibility index (Phi) is 5.88. The molecule has 2 rings (SSSR count). The Labute approximate surface area is 128 Å². The highest BCUT2D eigenvalue weighted by Gasteiger charge is 2.29. The number of piperazine rings is 1. The van der Waals surface area contributed by atoms with E-state index < -0.39 is 0 Å². The second kappa shape index (κ2) is 7.66. The molecule has 4 nitrogen and oxygen atoms in total. The number of hydrogen-bond donors (Lipinski definition) is 1. The van der Waals surface area contributed by atoms with E-state index in [0.717, 1.165) is 44.1 Å². The maximum atomic E-state index is 5.67. The molecule has 4 heteroatoms. The molecule has 1 aliphatic rings. The molecule has 118 valence electrons. The molecule has 0 bridgehead atoms. The van der Waals surface area contributed by atoms with Gasteiger partial charge in [0.05, 0.1) is 14.2 Å². The van der Waals surface area contributed by atoms with Gasteiger partial charge in [-0.3, -0.25) is 4.90 Å². The summed E-state index contributed by atoms with van der Waals surface area (Å²) in [4.78, 5) is 2.57. The van der Waals surface area contributed by atoms with Crippen LogP contribution < -0.4 is 14.8 Å². The summed E-state index contributed by atoms with van der Waals surface area (Å²) in [5.41, 5.74) is 1.24. The zero-order valence-corrected chi connectivity index (χ0v) is 13.7. The number of methoxy groups -OCH3 is 2. The van der Waals surface area contributed by atoms with Crippen molar-refractivity contribution in [1.82, 2.24) is 10.2 Å². The van der Waals surface area contributed by atoms with Crippen LogP contribution in [0.2, 0.25) is 0 Å². The summed E-state index contributed by atoms with van der Waals surface area (Å²) in [5.74, 6) is 2.27. The van der Waals surface area contributed by atoms with Crippen molar-refractivity contribution in [2.75, 3.05) is 40.4 Å². The third-order valence-corrected chi connectivity index (χ3v) is 4.48. The second-order valence-electron chi connectivity index (χ2n) is 5.70. The molecule has 2 atom stereocenters. The minimum absolute atomic E-state index is 0.377. The van der Waals surface area contributed by atoms with E-state index in [-0.39, 0.29) is 0 Å². The number of rotatable bonds is 6. The Hall–Kier alpha value is -1.26. The Morgan fingerprint density at radius 1 is 1.19 bits per heavy atom. The first-order valence-corrected chi connectivity index (χ1v) is 7.88. The monoisotopic (exact) mass is 292 g/mol. The molecule has 0 aliphatic carbocycles. The van der Waals surface area contributed by atoms with Crippen LogP contribution in [0.3, 0.4) is 0 Å². The van der Waals surface area contributed by atoms with Crippen LogP contribution in [0.25, 0.3) is 0 Å². The number of para-hydroxylation sites is 1. The first-order chi connectivity index (χ1) is 10.2. The molecule has 0 amide bonds. The molecule has 21 heavy (non-hydrogen) atoms. The SMILES string of the molecule is CCC(C)[C@H](c1cccc(OC)c1OC)N1CCNCC1. The minimum atomic E-state index is 0.377. The summed E-state index contributed by atoms with van der Waals surface area (Å²) >= 11 is 0. The van der Waals surface area contributed by atoms with Crippen molar-refractivity contribution in [1.29, 1.82) is 0 Å². The molecule has 0 aromatic heterocycles. The molecule has 1 heterocycles. The molecular formula is C17H28N2O2. The first kappa shape index (κ1) is 16.1. The van der Waals surface area contributed by atoms with Crippen LogP contribution in [-0.4, -0.2) is 45.3 Å². The molecule has 1 aliphatic heterocycles. The molecule has 1 aromatic rings. The molecule has 1 fully saturated rings. The van der Waals surface area contributed by atoms with Crippen LogP contribution in [0, 0.1) is 5.92 Å². The van der Waals surface area contributed by atoms with Gasteiger partial charge < -0.3 is 14.8 Å². The van der Waals surface area contributed by atoms with Crippen molar-refractivity contribution >= 4 is 0 Å². The van der Waals surface area contributed by atoms with Gasteiger partial charge in [-0.2, -0.15) is 0 Å².